The van der Waals surface area contributed by atoms with Crippen LogP contribution in [0.3, 0.4) is 0 Å². The summed E-state index contributed by atoms with van der Waals surface area (Å²) in [7, 11) is -4.32. The monoisotopic (exact) mass is 1070 g/mol. The van der Waals surface area contributed by atoms with Crippen LogP contribution in [0.25, 0.3) is 22.1 Å². The molecule has 2 aliphatic rings. The van der Waals surface area contributed by atoms with E-state index < -0.39 is 49.7 Å². The number of esters is 1. The lowest BCUT2D eigenvalue weighted by atomic mass is 9.99. The third-order valence-corrected chi connectivity index (χ3v) is 17.7. The first-order chi connectivity index (χ1) is 35.6. The van der Waals surface area contributed by atoms with Crippen molar-refractivity contribution in [2.75, 3.05) is 80.0 Å². The third kappa shape index (κ3) is 12.9. The molecule has 0 saturated carbocycles. The molecular weight excluding hydrogens is 1000 g/mol. The van der Waals surface area contributed by atoms with Crippen molar-refractivity contribution in [1.29, 1.82) is 0 Å². The molecule has 3 N–H and O–H groups in total. The molecule has 0 atom stereocenters. The van der Waals surface area contributed by atoms with Gasteiger partial charge in [0.1, 0.15) is 22.9 Å². The van der Waals surface area contributed by atoms with E-state index in [1.54, 1.807) is 45.4 Å². The Kier molecular flexibility index (Phi) is 18.0. The van der Waals surface area contributed by atoms with Crippen molar-refractivity contribution in [2.45, 2.75) is 108 Å². The van der Waals surface area contributed by atoms with Crippen LogP contribution >= 0.6 is 0 Å². The number of nitrogens with one attached hydrogen (secondary N) is 1. The van der Waals surface area contributed by atoms with Crippen LogP contribution in [0.15, 0.2) is 94.7 Å². The lowest BCUT2D eigenvalue weighted by Crippen LogP contribution is -2.30. The number of fused-ring (bicyclic) bond motifs is 2. The van der Waals surface area contributed by atoms with E-state index in [9.17, 15) is 26.4 Å². The van der Waals surface area contributed by atoms with Gasteiger partial charge in [-0.3, -0.25) is 18.2 Å². The van der Waals surface area contributed by atoms with E-state index in [0.717, 1.165) is 93.4 Å². The molecule has 2 aliphatic heterocycles. The Balaban J connectivity index is 0.000000222. The number of rotatable bonds is 19. The standard InChI is InChI=1S/C29H38N4O7S.C25H34N4O4S/c1-6-33(41(36,37)24-10-7-22(8-11-24)30-27(35)19-40-20(2)34)23-9-12-26-25(17-23)31-28(29(3,4)38-5)32(26)18-21-13-15-39-16-14-21;1-5-29(34(30,31)21-9-6-19(26)7-10-21)20-8-11-23-22(16-20)27-24(25(2,3)32-4)28(23)17-18-12-14-33-15-13-18/h7-12,17,21H,6,13-16,18-19H2,1-5H3,(H,30,35);6-11,16,18H,5,12-15,17,26H2,1-4H3. The summed E-state index contributed by atoms with van der Waals surface area (Å²) in [5.74, 6) is 1.48. The maximum absolute atomic E-state index is 13.7. The molecule has 2 saturated heterocycles. The average molecular weight is 1070 g/mol. The number of ether oxygens (including phenoxy) is 5. The van der Waals surface area contributed by atoms with Crippen molar-refractivity contribution >= 4 is 76.7 Å². The Morgan fingerprint density at radius 1 is 0.667 bits per heavy atom. The van der Waals surface area contributed by atoms with Crippen molar-refractivity contribution in [3.05, 3.63) is 96.6 Å². The summed E-state index contributed by atoms with van der Waals surface area (Å²) in [5.41, 5.74) is 9.81. The Labute approximate surface area is 440 Å². The molecule has 8 rings (SSSR count). The highest BCUT2D eigenvalue weighted by Crippen LogP contribution is 2.36. The normalized spacial score (nSPS) is 15.1. The minimum atomic E-state index is -3.92. The molecule has 75 heavy (non-hydrogen) atoms. The number of nitrogen functional groups attached to an aromatic ring is 1. The summed E-state index contributed by atoms with van der Waals surface area (Å²) in [6.07, 6.45) is 3.96. The summed E-state index contributed by atoms with van der Waals surface area (Å²) in [4.78, 5) is 33.0. The topological polar surface area (TPSA) is 229 Å². The number of sulfonamides is 2. The second-order valence-corrected chi connectivity index (χ2v) is 23.5. The smallest absolute Gasteiger partial charge is 0.303 e. The van der Waals surface area contributed by atoms with Crippen LogP contribution in [0.2, 0.25) is 0 Å². The number of carbonyl (C=O) groups is 2. The van der Waals surface area contributed by atoms with E-state index in [1.165, 1.54) is 51.9 Å². The van der Waals surface area contributed by atoms with E-state index in [-0.39, 0.29) is 22.9 Å². The number of aromatic nitrogens is 4. The summed E-state index contributed by atoms with van der Waals surface area (Å²) in [6.45, 7) is 17.5. The van der Waals surface area contributed by atoms with Gasteiger partial charge < -0.3 is 43.9 Å². The number of amides is 1. The summed E-state index contributed by atoms with van der Waals surface area (Å²) >= 11 is 0. The largest absolute Gasteiger partial charge is 0.456 e. The summed E-state index contributed by atoms with van der Waals surface area (Å²) in [6, 6.07) is 23.3. The number of hydrogen-bond donors (Lipinski definition) is 2. The second-order valence-electron chi connectivity index (χ2n) is 19.7. The fraction of sp³-hybridized carbons (Fsp3) is 0.481. The molecule has 0 spiro atoms. The lowest BCUT2D eigenvalue weighted by Gasteiger charge is -2.27. The van der Waals surface area contributed by atoms with E-state index >= 15 is 0 Å². The lowest BCUT2D eigenvalue weighted by molar-refractivity contribution is -0.144. The Morgan fingerprint density at radius 3 is 1.44 bits per heavy atom. The van der Waals surface area contributed by atoms with Crippen LogP contribution in [-0.2, 0) is 77.6 Å². The van der Waals surface area contributed by atoms with Crippen LogP contribution in [0.4, 0.5) is 22.7 Å². The fourth-order valence-electron chi connectivity index (χ4n) is 9.34. The molecule has 4 heterocycles. The molecule has 2 fully saturated rings. The van der Waals surface area contributed by atoms with Crippen molar-refractivity contribution in [2.24, 2.45) is 11.8 Å². The van der Waals surface area contributed by atoms with Gasteiger partial charge in [-0.05, 0) is 164 Å². The predicted octanol–water partition coefficient (Wildman–Crippen LogP) is 8.20. The van der Waals surface area contributed by atoms with Crippen molar-refractivity contribution in [1.82, 2.24) is 19.1 Å². The highest BCUT2D eigenvalue weighted by Gasteiger charge is 2.33. The van der Waals surface area contributed by atoms with Gasteiger partial charge in [0.2, 0.25) is 0 Å². The Bertz CT molecular complexity index is 3160. The Hall–Kier alpha value is -6.10. The fourth-order valence-corrected chi connectivity index (χ4v) is 12.3. The van der Waals surface area contributed by atoms with Gasteiger partial charge in [0.05, 0.1) is 43.2 Å². The first-order valence-corrected chi connectivity index (χ1v) is 28.2. The van der Waals surface area contributed by atoms with E-state index in [2.05, 4.69) is 19.2 Å². The maximum atomic E-state index is 13.7. The van der Waals surface area contributed by atoms with E-state index in [0.29, 0.717) is 40.1 Å². The number of methoxy groups -OCH3 is 2. The van der Waals surface area contributed by atoms with Gasteiger partial charge in [-0.15, -0.1) is 0 Å². The van der Waals surface area contributed by atoms with E-state index in [4.69, 9.17) is 34.6 Å². The number of nitrogens with two attached hydrogens (primary N) is 1. The number of carbonyl (C=O) groups excluding carboxylic acids is 2. The van der Waals surface area contributed by atoms with E-state index in [1.807, 2.05) is 58.9 Å². The summed E-state index contributed by atoms with van der Waals surface area (Å²) in [5, 5.41) is 2.57. The molecule has 406 valence electrons. The SMILES string of the molecule is CCN(c1ccc2c(c1)nc(C(C)(C)OC)n2CC1CCOCC1)S(=O)(=O)c1ccc(N)cc1.CCN(c1ccc2c(c1)nc(C(C)(C)OC)n2CC1CCOCC1)S(=O)(=O)c1ccc(NC(=O)COC(C)=O)cc1. The minimum Gasteiger partial charge on any atom is -0.456 e. The number of anilines is 4. The number of hydrogen-bond acceptors (Lipinski definition) is 14. The van der Waals surface area contributed by atoms with Crippen molar-refractivity contribution < 1.29 is 50.1 Å². The number of nitrogens with zero attached hydrogens (tertiary/aromatic N) is 6. The van der Waals surface area contributed by atoms with Gasteiger partial charge in [-0.2, -0.15) is 0 Å². The second kappa shape index (κ2) is 23.8. The molecular formula is C54H72N8O11S2. The van der Waals surface area contributed by atoms with Gasteiger partial charge in [-0.1, -0.05) is 0 Å². The first kappa shape index (κ1) is 56.6. The first-order valence-electron chi connectivity index (χ1n) is 25.3. The molecule has 2 aromatic heterocycles. The van der Waals surface area contributed by atoms with Crippen LogP contribution in [0, 0.1) is 11.8 Å². The van der Waals surface area contributed by atoms with Crippen LogP contribution in [0.5, 0.6) is 0 Å². The molecule has 6 aromatic rings. The molecule has 1 amide bonds. The van der Waals surface area contributed by atoms with Crippen LogP contribution < -0.4 is 19.7 Å². The molecule has 0 unspecified atom stereocenters. The van der Waals surface area contributed by atoms with Gasteiger partial charge in [0.25, 0.3) is 26.0 Å². The molecule has 4 aromatic carbocycles. The third-order valence-electron chi connectivity index (χ3n) is 13.9. The predicted molar refractivity (Wildman–Crippen MR) is 290 cm³/mol. The Morgan fingerprint density at radius 2 is 1.07 bits per heavy atom. The van der Waals surface area contributed by atoms with Gasteiger partial charge in [0.15, 0.2) is 6.61 Å². The zero-order chi connectivity index (χ0) is 54.3. The molecule has 21 heteroatoms. The minimum absolute atomic E-state index is 0.0729. The van der Waals surface area contributed by atoms with Gasteiger partial charge in [-0.25, -0.2) is 26.8 Å². The number of imidazole rings is 2. The molecule has 19 nitrogen and oxygen atoms in total. The van der Waals surface area contributed by atoms with Gasteiger partial charge in [0, 0.05) is 85.1 Å². The zero-order valence-electron chi connectivity index (χ0n) is 44.5. The van der Waals surface area contributed by atoms with Crippen molar-refractivity contribution in [3.63, 3.8) is 0 Å². The van der Waals surface area contributed by atoms with Crippen molar-refractivity contribution in [3.8, 4) is 0 Å². The van der Waals surface area contributed by atoms with Gasteiger partial charge >= 0.3 is 5.97 Å². The van der Waals surface area contributed by atoms with Crippen LogP contribution in [-0.4, -0.2) is 108 Å². The molecule has 0 aliphatic carbocycles. The molecule has 0 bridgehead atoms. The average Bonchev–Trinajstić information content (AvgIpc) is 3.95. The molecule has 0 radical (unpaired) electrons. The van der Waals surface area contributed by atoms with Crippen LogP contribution in [0.1, 0.15) is 85.8 Å². The highest BCUT2D eigenvalue weighted by molar-refractivity contribution is 7.93. The number of benzene rings is 4. The summed E-state index contributed by atoms with van der Waals surface area (Å²) < 4.78 is 88.6. The quantitative estimate of drug-likeness (QED) is 0.0576. The maximum Gasteiger partial charge on any atom is 0.303 e. The zero-order valence-corrected chi connectivity index (χ0v) is 46.1. The highest BCUT2D eigenvalue weighted by atomic mass is 32.2.